The van der Waals surface area contributed by atoms with Crippen LogP contribution < -0.4 is 5.32 Å². The van der Waals surface area contributed by atoms with Crippen LogP contribution in [0.2, 0.25) is 0 Å². The molecule has 3 fully saturated rings. The molecule has 0 spiro atoms. The molecule has 4 unspecified atom stereocenters. The maximum absolute atomic E-state index is 11.2. The topological polar surface area (TPSA) is 29.1 Å². The summed E-state index contributed by atoms with van der Waals surface area (Å²) in [7, 11) is 0. The number of nitrogens with one attached hydrogen (secondary N) is 1. The Kier molecular flexibility index (Phi) is 1.29. The lowest BCUT2D eigenvalue weighted by molar-refractivity contribution is -0.125. The Morgan fingerprint density at radius 1 is 1.17 bits per heavy atom. The van der Waals surface area contributed by atoms with E-state index in [0.29, 0.717) is 11.9 Å². The van der Waals surface area contributed by atoms with E-state index in [1.165, 1.54) is 19.3 Å². The highest BCUT2D eigenvalue weighted by atomic mass is 16.1. The molecule has 0 aromatic heterocycles. The van der Waals surface area contributed by atoms with E-state index in [1.54, 1.807) is 0 Å². The fraction of sp³-hybridized carbons (Fsp3) is 0.900. The zero-order valence-corrected chi connectivity index (χ0v) is 7.25. The van der Waals surface area contributed by atoms with Crippen LogP contribution in [-0.2, 0) is 4.79 Å². The summed E-state index contributed by atoms with van der Waals surface area (Å²) in [5.41, 5.74) is 0. The molecule has 12 heavy (non-hydrogen) atoms. The average Bonchev–Trinajstić information content (AvgIpc) is 2.63. The summed E-state index contributed by atoms with van der Waals surface area (Å²) < 4.78 is 0. The number of carbonyl (C=O) groups excluding carboxylic acids is 1. The van der Waals surface area contributed by atoms with Gasteiger partial charge in [-0.3, -0.25) is 4.79 Å². The fourth-order valence-corrected chi connectivity index (χ4v) is 3.61. The van der Waals surface area contributed by atoms with Crippen LogP contribution in [0.5, 0.6) is 0 Å². The maximum Gasteiger partial charge on any atom is 0.220 e. The average molecular weight is 165 g/mol. The molecule has 1 saturated heterocycles. The molecule has 0 aromatic carbocycles. The van der Waals surface area contributed by atoms with E-state index in [0.717, 1.165) is 30.6 Å². The van der Waals surface area contributed by atoms with Crippen LogP contribution in [0.4, 0.5) is 0 Å². The summed E-state index contributed by atoms with van der Waals surface area (Å²) in [5, 5.41) is 3.17. The van der Waals surface area contributed by atoms with Crippen molar-refractivity contribution in [3.8, 4) is 0 Å². The van der Waals surface area contributed by atoms with Crippen LogP contribution in [0.25, 0.3) is 0 Å². The molecule has 2 heteroatoms. The van der Waals surface area contributed by atoms with Crippen LogP contribution in [0.1, 0.15) is 32.1 Å². The van der Waals surface area contributed by atoms with Gasteiger partial charge in [-0.05, 0) is 43.4 Å². The minimum Gasteiger partial charge on any atom is -0.353 e. The molecule has 1 heterocycles. The Morgan fingerprint density at radius 2 is 2.00 bits per heavy atom. The molecule has 3 rings (SSSR count). The molecule has 0 aromatic rings. The Bertz CT molecular complexity index is 226. The first kappa shape index (κ1) is 6.93. The summed E-state index contributed by atoms with van der Waals surface area (Å²) in [4.78, 5) is 11.2. The monoisotopic (exact) mass is 165 g/mol. The molecular formula is C10H15NO. The highest BCUT2D eigenvalue weighted by Gasteiger charge is 2.49. The molecule has 1 amide bonds. The quantitative estimate of drug-likeness (QED) is 0.576. The first-order chi connectivity index (χ1) is 5.84. The third kappa shape index (κ3) is 0.782. The predicted octanol–water partition coefficient (Wildman–Crippen LogP) is 1.31. The predicted molar refractivity (Wildman–Crippen MR) is 45.5 cm³/mol. The molecule has 2 aliphatic carbocycles. The lowest BCUT2D eigenvalue weighted by Gasteiger charge is -2.35. The Hall–Kier alpha value is -0.530. The first-order valence-corrected chi connectivity index (χ1v) is 5.14. The Labute approximate surface area is 72.7 Å². The fourth-order valence-electron chi connectivity index (χ4n) is 3.61. The summed E-state index contributed by atoms with van der Waals surface area (Å²) in [5.74, 6) is 2.94. The van der Waals surface area contributed by atoms with Crippen LogP contribution >= 0.6 is 0 Å². The first-order valence-electron chi connectivity index (χ1n) is 5.14. The van der Waals surface area contributed by atoms with E-state index in [4.69, 9.17) is 0 Å². The third-order valence-corrected chi connectivity index (χ3v) is 4.12. The lowest BCUT2D eigenvalue weighted by atomic mass is 9.79. The number of piperidine rings is 1. The van der Waals surface area contributed by atoms with Gasteiger partial charge in [-0.25, -0.2) is 0 Å². The van der Waals surface area contributed by atoms with Gasteiger partial charge in [-0.2, -0.15) is 0 Å². The van der Waals surface area contributed by atoms with Gasteiger partial charge in [0.25, 0.3) is 0 Å². The highest BCUT2D eigenvalue weighted by Crippen LogP contribution is 2.51. The van der Waals surface area contributed by atoms with Crippen molar-refractivity contribution >= 4 is 5.91 Å². The van der Waals surface area contributed by atoms with Crippen molar-refractivity contribution in [3.05, 3.63) is 0 Å². The molecule has 2 bridgehead atoms. The van der Waals surface area contributed by atoms with Crippen LogP contribution in [0.3, 0.4) is 0 Å². The molecule has 1 aliphatic heterocycles. The summed E-state index contributed by atoms with van der Waals surface area (Å²) in [6, 6.07) is 0.574. The number of hydrogen-bond donors (Lipinski definition) is 1. The second-order valence-electron chi connectivity index (χ2n) is 4.63. The number of fused-ring (bicyclic) bond motifs is 5. The van der Waals surface area contributed by atoms with E-state index in [-0.39, 0.29) is 0 Å². The number of rotatable bonds is 0. The standard InChI is InChI=1S/C10H15NO/c12-9-4-3-8-6-1-2-7(5-6)10(8)11-9/h6-8,10H,1-5H2,(H,11,12). The SMILES string of the molecule is O=C1CCC2C3CCC(C3)C2N1. The Morgan fingerprint density at radius 3 is 2.92 bits per heavy atom. The minimum absolute atomic E-state index is 0.295. The summed E-state index contributed by atoms with van der Waals surface area (Å²) in [6.07, 6.45) is 6.14. The van der Waals surface area contributed by atoms with Gasteiger partial charge in [0.1, 0.15) is 0 Å². The number of hydrogen-bond acceptors (Lipinski definition) is 1. The van der Waals surface area contributed by atoms with Gasteiger partial charge >= 0.3 is 0 Å². The van der Waals surface area contributed by atoms with Gasteiger partial charge in [0.15, 0.2) is 0 Å². The highest BCUT2D eigenvalue weighted by molar-refractivity contribution is 5.77. The normalized spacial score (nSPS) is 50.5. The molecule has 1 N–H and O–H groups in total. The van der Waals surface area contributed by atoms with Gasteiger partial charge < -0.3 is 5.32 Å². The lowest BCUT2D eigenvalue weighted by Crippen LogP contribution is -2.47. The van der Waals surface area contributed by atoms with E-state index in [9.17, 15) is 4.79 Å². The largest absolute Gasteiger partial charge is 0.353 e. The summed E-state index contributed by atoms with van der Waals surface area (Å²) in [6.45, 7) is 0. The summed E-state index contributed by atoms with van der Waals surface area (Å²) >= 11 is 0. The molecule has 3 aliphatic rings. The zero-order valence-electron chi connectivity index (χ0n) is 7.25. The van der Waals surface area contributed by atoms with Crippen molar-refractivity contribution in [2.45, 2.75) is 38.1 Å². The molecule has 2 saturated carbocycles. The molecule has 66 valence electrons. The molecule has 4 atom stereocenters. The van der Waals surface area contributed by atoms with Crippen LogP contribution in [0.15, 0.2) is 0 Å². The van der Waals surface area contributed by atoms with E-state index < -0.39 is 0 Å². The van der Waals surface area contributed by atoms with Crippen molar-refractivity contribution in [2.24, 2.45) is 17.8 Å². The van der Waals surface area contributed by atoms with Crippen molar-refractivity contribution in [1.82, 2.24) is 5.32 Å². The minimum atomic E-state index is 0.295. The van der Waals surface area contributed by atoms with Gasteiger partial charge in [0, 0.05) is 12.5 Å². The van der Waals surface area contributed by atoms with Crippen molar-refractivity contribution < 1.29 is 4.79 Å². The van der Waals surface area contributed by atoms with E-state index in [2.05, 4.69) is 5.32 Å². The van der Waals surface area contributed by atoms with E-state index >= 15 is 0 Å². The van der Waals surface area contributed by atoms with Crippen LogP contribution in [-0.4, -0.2) is 11.9 Å². The molecule has 2 nitrogen and oxygen atoms in total. The zero-order chi connectivity index (χ0) is 8.13. The van der Waals surface area contributed by atoms with Crippen molar-refractivity contribution in [2.75, 3.05) is 0 Å². The van der Waals surface area contributed by atoms with Crippen LogP contribution in [0, 0.1) is 17.8 Å². The molecule has 0 radical (unpaired) electrons. The van der Waals surface area contributed by atoms with E-state index in [1.807, 2.05) is 0 Å². The Balaban J connectivity index is 1.85. The van der Waals surface area contributed by atoms with Gasteiger partial charge in [0.05, 0.1) is 0 Å². The number of amides is 1. The second-order valence-corrected chi connectivity index (χ2v) is 4.63. The van der Waals surface area contributed by atoms with Gasteiger partial charge in [-0.15, -0.1) is 0 Å². The third-order valence-electron chi connectivity index (χ3n) is 4.12. The molecular weight excluding hydrogens is 150 g/mol. The number of carbonyl (C=O) groups is 1. The van der Waals surface area contributed by atoms with Gasteiger partial charge in [-0.1, -0.05) is 0 Å². The smallest absolute Gasteiger partial charge is 0.220 e. The maximum atomic E-state index is 11.2. The second kappa shape index (κ2) is 2.24. The van der Waals surface area contributed by atoms with Crippen molar-refractivity contribution in [1.29, 1.82) is 0 Å². The van der Waals surface area contributed by atoms with Crippen molar-refractivity contribution in [3.63, 3.8) is 0 Å². The van der Waals surface area contributed by atoms with Gasteiger partial charge in [0.2, 0.25) is 5.91 Å².